The molecule has 0 spiro atoms. The molecule has 1 saturated carbocycles. The summed E-state index contributed by atoms with van der Waals surface area (Å²) in [5, 5.41) is 8.64. The van der Waals surface area contributed by atoms with E-state index in [4.69, 9.17) is 4.74 Å². The molecule has 0 unspecified atom stereocenters. The Morgan fingerprint density at radius 2 is 2.11 bits per heavy atom. The maximum Gasteiger partial charge on any atom is 0.217 e. The van der Waals surface area contributed by atoms with Crippen molar-refractivity contribution in [2.75, 3.05) is 6.61 Å². The van der Waals surface area contributed by atoms with Gasteiger partial charge in [0.05, 0.1) is 24.7 Å². The molecule has 7 heteroatoms. The fourth-order valence-electron chi connectivity index (χ4n) is 3.66. The zero-order chi connectivity index (χ0) is 18.9. The van der Waals surface area contributed by atoms with Crippen LogP contribution in [0, 0.1) is 5.92 Å². The first-order valence-corrected chi connectivity index (χ1v) is 9.61. The lowest BCUT2D eigenvalue weighted by molar-refractivity contribution is 0.285. The van der Waals surface area contributed by atoms with Crippen molar-refractivity contribution < 1.29 is 4.74 Å². The first-order valence-electron chi connectivity index (χ1n) is 9.61. The molecule has 4 heterocycles. The molecule has 1 aliphatic carbocycles. The fraction of sp³-hybridized carbons (Fsp3) is 0.333. The molecule has 0 aliphatic heterocycles. The van der Waals surface area contributed by atoms with Crippen LogP contribution in [0.1, 0.15) is 29.3 Å². The zero-order valence-electron chi connectivity index (χ0n) is 15.8. The van der Waals surface area contributed by atoms with E-state index in [1.807, 2.05) is 59.1 Å². The van der Waals surface area contributed by atoms with Gasteiger partial charge in [-0.1, -0.05) is 6.07 Å². The molecule has 1 fully saturated rings. The number of pyridine rings is 1. The SMILES string of the molecule is Cn1cc(CCc2cc(OC[C@H]3C[C@@H]3c3ccccn3)nc3ccnn23)cn1. The summed E-state index contributed by atoms with van der Waals surface area (Å²) < 4.78 is 9.77. The summed E-state index contributed by atoms with van der Waals surface area (Å²) in [6, 6.07) is 10.0. The van der Waals surface area contributed by atoms with E-state index in [1.54, 1.807) is 6.20 Å². The Morgan fingerprint density at radius 1 is 1.14 bits per heavy atom. The Hall–Kier alpha value is -3.22. The summed E-state index contributed by atoms with van der Waals surface area (Å²) in [4.78, 5) is 9.06. The van der Waals surface area contributed by atoms with Gasteiger partial charge in [0.2, 0.25) is 5.88 Å². The number of aryl methyl sites for hydroxylation is 3. The number of hydrogen-bond acceptors (Lipinski definition) is 5. The normalized spacial score (nSPS) is 18.5. The molecule has 0 bridgehead atoms. The summed E-state index contributed by atoms with van der Waals surface area (Å²) >= 11 is 0. The van der Waals surface area contributed by atoms with E-state index in [0.717, 1.165) is 36.3 Å². The average molecular weight is 374 g/mol. The third-order valence-corrected chi connectivity index (χ3v) is 5.27. The molecule has 0 amide bonds. The minimum atomic E-state index is 0.505. The van der Waals surface area contributed by atoms with Gasteiger partial charge in [-0.25, -0.2) is 4.52 Å². The Labute approximate surface area is 163 Å². The molecule has 28 heavy (non-hydrogen) atoms. The quantitative estimate of drug-likeness (QED) is 0.497. The van der Waals surface area contributed by atoms with E-state index < -0.39 is 0 Å². The van der Waals surface area contributed by atoms with E-state index >= 15 is 0 Å². The first kappa shape index (κ1) is 16.9. The van der Waals surface area contributed by atoms with Gasteiger partial charge >= 0.3 is 0 Å². The van der Waals surface area contributed by atoms with Crippen molar-refractivity contribution in [2.45, 2.75) is 25.2 Å². The summed E-state index contributed by atoms with van der Waals surface area (Å²) in [6.07, 6.45) is 10.5. The number of nitrogens with zero attached hydrogens (tertiary/aromatic N) is 6. The molecule has 0 N–H and O–H groups in total. The highest BCUT2D eigenvalue weighted by Crippen LogP contribution is 2.46. The van der Waals surface area contributed by atoms with Crippen molar-refractivity contribution in [3.05, 3.63) is 72.1 Å². The van der Waals surface area contributed by atoms with Crippen molar-refractivity contribution in [1.82, 2.24) is 29.4 Å². The van der Waals surface area contributed by atoms with Gasteiger partial charge in [0.1, 0.15) is 0 Å². The van der Waals surface area contributed by atoms with Crippen molar-refractivity contribution in [2.24, 2.45) is 13.0 Å². The summed E-state index contributed by atoms with van der Waals surface area (Å²) in [7, 11) is 1.93. The Bertz CT molecular complexity index is 1090. The first-order chi connectivity index (χ1) is 13.8. The van der Waals surface area contributed by atoms with Crippen molar-refractivity contribution >= 4 is 5.65 Å². The van der Waals surface area contributed by atoms with Crippen LogP contribution in [-0.2, 0) is 19.9 Å². The number of fused-ring (bicyclic) bond motifs is 1. The maximum atomic E-state index is 6.06. The minimum Gasteiger partial charge on any atom is -0.477 e. The molecule has 1 aliphatic rings. The lowest BCUT2D eigenvalue weighted by Gasteiger charge is -2.09. The molecule has 0 saturated heterocycles. The Kier molecular flexibility index (Phi) is 4.27. The predicted octanol–water partition coefficient (Wildman–Crippen LogP) is 2.83. The molecular weight excluding hydrogens is 352 g/mol. The molecule has 0 radical (unpaired) electrons. The lowest BCUT2D eigenvalue weighted by Crippen LogP contribution is -2.07. The highest BCUT2D eigenvalue weighted by molar-refractivity contribution is 5.41. The largest absolute Gasteiger partial charge is 0.477 e. The standard InChI is InChI=1S/C21H22N6O/c1-26-13-15(12-24-26)5-6-17-11-21(25-20-7-9-23-27(17)20)28-14-16-10-18(16)19-4-2-3-8-22-19/h2-4,7-9,11-13,16,18H,5-6,10,14H2,1H3/t16-,18+/m1/s1. The lowest BCUT2D eigenvalue weighted by atomic mass is 10.1. The minimum absolute atomic E-state index is 0.505. The van der Waals surface area contributed by atoms with Crippen LogP contribution in [0.5, 0.6) is 5.88 Å². The molecule has 5 rings (SSSR count). The third kappa shape index (κ3) is 3.47. The van der Waals surface area contributed by atoms with Crippen LogP contribution >= 0.6 is 0 Å². The van der Waals surface area contributed by atoms with Crippen molar-refractivity contribution in [1.29, 1.82) is 0 Å². The van der Waals surface area contributed by atoms with Gasteiger partial charge in [-0.15, -0.1) is 0 Å². The third-order valence-electron chi connectivity index (χ3n) is 5.27. The van der Waals surface area contributed by atoms with Crippen LogP contribution in [0.25, 0.3) is 5.65 Å². The van der Waals surface area contributed by atoms with E-state index in [0.29, 0.717) is 24.3 Å². The highest BCUT2D eigenvalue weighted by Gasteiger charge is 2.39. The van der Waals surface area contributed by atoms with Crippen LogP contribution in [0.3, 0.4) is 0 Å². The van der Waals surface area contributed by atoms with Gasteiger partial charge in [0, 0.05) is 49.1 Å². The van der Waals surface area contributed by atoms with Gasteiger partial charge in [-0.05, 0) is 37.0 Å². The van der Waals surface area contributed by atoms with Crippen molar-refractivity contribution in [3.8, 4) is 5.88 Å². The second-order valence-corrected chi connectivity index (χ2v) is 7.38. The topological polar surface area (TPSA) is 70.1 Å². The van der Waals surface area contributed by atoms with E-state index in [-0.39, 0.29) is 0 Å². The molecule has 142 valence electrons. The van der Waals surface area contributed by atoms with E-state index in [9.17, 15) is 0 Å². The number of rotatable bonds is 7. The fourth-order valence-corrected chi connectivity index (χ4v) is 3.66. The van der Waals surface area contributed by atoms with E-state index in [1.165, 1.54) is 5.56 Å². The number of ether oxygens (including phenoxy) is 1. The van der Waals surface area contributed by atoms with Gasteiger partial charge in [0.15, 0.2) is 5.65 Å². The summed E-state index contributed by atoms with van der Waals surface area (Å²) in [5.74, 6) is 1.68. The number of aromatic nitrogens is 6. The van der Waals surface area contributed by atoms with Gasteiger partial charge in [-0.2, -0.15) is 15.2 Å². The molecule has 4 aromatic rings. The zero-order valence-corrected chi connectivity index (χ0v) is 15.8. The van der Waals surface area contributed by atoms with Crippen LogP contribution in [0.4, 0.5) is 0 Å². The van der Waals surface area contributed by atoms with Crippen LogP contribution in [-0.4, -0.2) is 36.0 Å². The smallest absolute Gasteiger partial charge is 0.217 e. The summed E-state index contributed by atoms with van der Waals surface area (Å²) in [6.45, 7) is 0.667. The molecule has 4 aromatic heterocycles. The second kappa shape index (κ2) is 7.07. The van der Waals surface area contributed by atoms with Gasteiger partial charge in [0.25, 0.3) is 0 Å². The van der Waals surface area contributed by atoms with Crippen molar-refractivity contribution in [3.63, 3.8) is 0 Å². The molecule has 7 nitrogen and oxygen atoms in total. The van der Waals surface area contributed by atoms with Crippen LogP contribution in [0.15, 0.2) is 55.1 Å². The summed E-state index contributed by atoms with van der Waals surface area (Å²) in [5.41, 5.74) is 4.27. The monoisotopic (exact) mass is 374 g/mol. The van der Waals surface area contributed by atoms with Gasteiger partial charge < -0.3 is 4.74 Å². The van der Waals surface area contributed by atoms with Gasteiger partial charge in [-0.3, -0.25) is 9.67 Å². The maximum absolute atomic E-state index is 6.06. The highest BCUT2D eigenvalue weighted by atomic mass is 16.5. The second-order valence-electron chi connectivity index (χ2n) is 7.38. The Morgan fingerprint density at radius 3 is 2.93 bits per heavy atom. The van der Waals surface area contributed by atoms with E-state index in [2.05, 4.69) is 26.2 Å². The molecular formula is C21H22N6O. The number of hydrogen-bond donors (Lipinski definition) is 0. The predicted molar refractivity (Wildman–Crippen MR) is 104 cm³/mol. The average Bonchev–Trinajstić information content (AvgIpc) is 3.11. The Balaban J connectivity index is 1.27. The van der Waals surface area contributed by atoms with Crippen LogP contribution < -0.4 is 4.74 Å². The molecule has 0 aromatic carbocycles. The van der Waals surface area contributed by atoms with Crippen LogP contribution in [0.2, 0.25) is 0 Å². The molecule has 2 atom stereocenters.